The van der Waals surface area contributed by atoms with Crippen LogP contribution >= 0.6 is 0 Å². The van der Waals surface area contributed by atoms with Crippen molar-refractivity contribution >= 4 is 8.32 Å². The molecule has 0 fully saturated rings. The molecular formula is C17H33N3OSi. The van der Waals surface area contributed by atoms with E-state index in [9.17, 15) is 0 Å². The van der Waals surface area contributed by atoms with Crippen molar-refractivity contribution in [2.45, 2.75) is 90.4 Å². The third kappa shape index (κ3) is 3.88. The number of allylic oxidation sites excluding steroid dienone is 1. The van der Waals surface area contributed by atoms with Gasteiger partial charge in [0.25, 0.3) is 8.32 Å². The average Bonchev–Trinajstić information content (AvgIpc) is 2.44. The van der Waals surface area contributed by atoms with Crippen LogP contribution in [0.4, 0.5) is 0 Å². The van der Waals surface area contributed by atoms with E-state index in [0.717, 1.165) is 25.0 Å². The van der Waals surface area contributed by atoms with E-state index in [4.69, 9.17) is 9.96 Å². The summed E-state index contributed by atoms with van der Waals surface area (Å²) in [6.07, 6.45) is 5.20. The van der Waals surface area contributed by atoms with Gasteiger partial charge in [-0.1, -0.05) is 60.0 Å². The van der Waals surface area contributed by atoms with E-state index in [1.165, 1.54) is 0 Å². The van der Waals surface area contributed by atoms with Crippen LogP contribution < -0.4 is 0 Å². The largest absolute Gasteiger partial charge is 0.546 e. The van der Waals surface area contributed by atoms with Crippen LogP contribution in [-0.2, 0) is 4.43 Å². The lowest BCUT2D eigenvalue weighted by Crippen LogP contribution is -2.47. The molecule has 0 unspecified atom stereocenters. The van der Waals surface area contributed by atoms with Gasteiger partial charge in [-0.2, -0.15) is 0 Å². The van der Waals surface area contributed by atoms with Crippen LogP contribution in [0.2, 0.25) is 16.6 Å². The van der Waals surface area contributed by atoms with Crippen LogP contribution in [0.25, 0.3) is 10.4 Å². The van der Waals surface area contributed by atoms with Crippen LogP contribution in [0.15, 0.2) is 16.9 Å². The Morgan fingerprint density at radius 2 is 1.77 bits per heavy atom. The molecule has 1 aliphatic carbocycles. The molecule has 0 aromatic rings. The third-order valence-corrected chi connectivity index (χ3v) is 11.4. The Morgan fingerprint density at radius 3 is 2.18 bits per heavy atom. The van der Waals surface area contributed by atoms with Gasteiger partial charge in [-0.05, 0) is 40.6 Å². The first-order valence-electron chi connectivity index (χ1n) is 8.73. The van der Waals surface area contributed by atoms with Gasteiger partial charge in [0, 0.05) is 11.3 Å². The summed E-state index contributed by atoms with van der Waals surface area (Å²) in [5.74, 6) is 1.53. The van der Waals surface area contributed by atoms with E-state index in [0.29, 0.717) is 22.5 Å². The Balaban J connectivity index is 3.10. The zero-order valence-corrected chi connectivity index (χ0v) is 16.3. The van der Waals surface area contributed by atoms with Crippen LogP contribution in [-0.4, -0.2) is 14.4 Å². The maximum absolute atomic E-state index is 8.81. The molecule has 0 saturated heterocycles. The predicted octanol–water partition coefficient (Wildman–Crippen LogP) is 6.56. The minimum Gasteiger partial charge on any atom is -0.546 e. The first kappa shape index (κ1) is 19.1. The van der Waals surface area contributed by atoms with E-state index in [2.05, 4.69) is 64.6 Å². The summed E-state index contributed by atoms with van der Waals surface area (Å²) in [5.41, 5.74) is 10.5. The van der Waals surface area contributed by atoms with Crippen LogP contribution in [0, 0.1) is 5.92 Å². The highest BCUT2D eigenvalue weighted by Crippen LogP contribution is 2.45. The van der Waals surface area contributed by atoms with E-state index in [1.54, 1.807) is 0 Å². The van der Waals surface area contributed by atoms with E-state index in [1.807, 2.05) is 0 Å². The highest BCUT2D eigenvalue weighted by Gasteiger charge is 2.47. The molecule has 0 amide bonds. The first-order valence-corrected chi connectivity index (χ1v) is 10.9. The number of rotatable bonds is 7. The van der Waals surface area contributed by atoms with Crippen molar-refractivity contribution < 1.29 is 4.43 Å². The Bertz CT molecular complexity index is 417. The molecule has 1 rings (SSSR count). The van der Waals surface area contributed by atoms with Crippen molar-refractivity contribution in [2.24, 2.45) is 11.0 Å². The molecule has 0 N–H and O–H groups in total. The lowest BCUT2D eigenvalue weighted by Gasteiger charge is -2.44. The number of hydrogen-bond donors (Lipinski definition) is 0. The van der Waals surface area contributed by atoms with Crippen molar-refractivity contribution in [2.75, 3.05) is 0 Å². The van der Waals surface area contributed by atoms with Crippen LogP contribution in [0.3, 0.4) is 0 Å². The highest BCUT2D eigenvalue weighted by atomic mass is 28.4. The molecule has 0 spiro atoms. The van der Waals surface area contributed by atoms with E-state index < -0.39 is 8.32 Å². The van der Waals surface area contributed by atoms with Crippen LogP contribution in [0.5, 0.6) is 0 Å². The molecule has 0 saturated carbocycles. The summed E-state index contributed by atoms with van der Waals surface area (Å²) < 4.78 is 6.75. The molecule has 1 aliphatic rings. The van der Waals surface area contributed by atoms with Gasteiger partial charge < -0.3 is 4.43 Å². The maximum Gasteiger partial charge on any atom is 0.258 e. The Kier molecular flexibility index (Phi) is 7.01. The normalized spacial score (nSPS) is 22.7. The SMILES string of the molecule is CC[C@@H]1CCC(O[Si](C(C)C)(C(C)C)C(C)C)=C[C@H]1N=[N+]=[N-]. The lowest BCUT2D eigenvalue weighted by atomic mass is 9.87. The molecule has 5 heteroatoms. The van der Waals surface area contributed by atoms with Gasteiger partial charge in [0.05, 0.1) is 11.8 Å². The third-order valence-electron chi connectivity index (χ3n) is 5.33. The van der Waals surface area contributed by atoms with Crippen molar-refractivity contribution in [3.63, 3.8) is 0 Å². The molecule has 0 aromatic carbocycles. The van der Waals surface area contributed by atoms with Crippen molar-refractivity contribution in [3.8, 4) is 0 Å². The summed E-state index contributed by atoms with van der Waals surface area (Å²) >= 11 is 0. The summed E-state index contributed by atoms with van der Waals surface area (Å²) in [5, 5.41) is 3.99. The Morgan fingerprint density at radius 1 is 1.23 bits per heavy atom. The molecule has 0 aliphatic heterocycles. The second kappa shape index (κ2) is 8.07. The predicted molar refractivity (Wildman–Crippen MR) is 96.2 cm³/mol. The fourth-order valence-corrected chi connectivity index (χ4v) is 9.54. The quantitative estimate of drug-likeness (QED) is 0.226. The van der Waals surface area contributed by atoms with Gasteiger partial charge in [0.1, 0.15) is 0 Å². The topological polar surface area (TPSA) is 58.0 Å². The number of hydrogen-bond acceptors (Lipinski definition) is 2. The van der Waals surface area contributed by atoms with Gasteiger partial charge >= 0.3 is 0 Å². The van der Waals surface area contributed by atoms with Gasteiger partial charge in [-0.15, -0.1) is 0 Å². The minimum absolute atomic E-state index is 0.0445. The van der Waals surface area contributed by atoms with Gasteiger partial charge in [-0.3, -0.25) is 0 Å². The van der Waals surface area contributed by atoms with Gasteiger partial charge in [0.15, 0.2) is 0 Å². The molecule has 4 nitrogen and oxygen atoms in total. The lowest BCUT2D eigenvalue weighted by molar-refractivity contribution is 0.301. The standard InChI is InChI=1S/C17H33N3OSi/c1-8-15-9-10-16(11-17(15)19-20-18)21-22(12(2)3,13(4)5)14(6)7/h11-15,17H,8-10H2,1-7H3/t15-,17-/m1/s1. The fraction of sp³-hybridized carbons (Fsp3) is 0.882. The van der Waals surface area contributed by atoms with Gasteiger partial charge in [-0.25, -0.2) is 0 Å². The summed E-state index contributed by atoms with van der Waals surface area (Å²) in [7, 11) is -1.90. The number of nitrogens with zero attached hydrogens (tertiary/aromatic N) is 3. The smallest absolute Gasteiger partial charge is 0.258 e. The average molecular weight is 324 g/mol. The number of azide groups is 1. The monoisotopic (exact) mass is 323 g/mol. The zero-order chi connectivity index (χ0) is 16.9. The maximum atomic E-state index is 8.81. The van der Waals surface area contributed by atoms with Crippen molar-refractivity contribution in [3.05, 3.63) is 22.3 Å². The molecule has 0 bridgehead atoms. The molecule has 2 atom stereocenters. The first-order chi connectivity index (χ1) is 10.3. The Hall–Kier alpha value is -0.933. The summed E-state index contributed by atoms with van der Waals surface area (Å²) in [6.45, 7) is 16.0. The minimum atomic E-state index is -1.90. The summed E-state index contributed by atoms with van der Waals surface area (Å²) in [6, 6.07) is -0.0445. The molecule has 0 heterocycles. The molecule has 0 radical (unpaired) electrons. The van der Waals surface area contributed by atoms with Crippen molar-refractivity contribution in [1.29, 1.82) is 0 Å². The van der Waals surface area contributed by atoms with E-state index >= 15 is 0 Å². The molecule has 126 valence electrons. The molecule has 0 aromatic heterocycles. The van der Waals surface area contributed by atoms with Crippen molar-refractivity contribution in [1.82, 2.24) is 0 Å². The summed E-state index contributed by atoms with van der Waals surface area (Å²) in [4.78, 5) is 3.03. The van der Waals surface area contributed by atoms with E-state index in [-0.39, 0.29) is 6.04 Å². The van der Waals surface area contributed by atoms with Gasteiger partial charge in [0.2, 0.25) is 0 Å². The Labute approximate surface area is 137 Å². The molecular weight excluding hydrogens is 290 g/mol. The second-order valence-corrected chi connectivity index (χ2v) is 12.8. The second-order valence-electron chi connectivity index (χ2n) is 7.46. The zero-order valence-electron chi connectivity index (χ0n) is 15.3. The highest BCUT2D eigenvalue weighted by molar-refractivity contribution is 6.77. The fourth-order valence-electron chi connectivity index (χ4n) is 4.21. The van der Waals surface area contributed by atoms with Crippen LogP contribution in [0.1, 0.15) is 67.7 Å². The molecule has 22 heavy (non-hydrogen) atoms.